The second kappa shape index (κ2) is 12.8. The fourth-order valence-corrected chi connectivity index (χ4v) is 4.68. The molecule has 2 heterocycles. The van der Waals surface area contributed by atoms with Crippen molar-refractivity contribution in [1.82, 2.24) is 29.5 Å². The van der Waals surface area contributed by atoms with E-state index in [1.807, 2.05) is 95.7 Å². The number of nitrogens with zero attached hydrogens (tertiary/aromatic N) is 6. The first-order valence-corrected chi connectivity index (χ1v) is 14.5. The predicted molar refractivity (Wildman–Crippen MR) is 167 cm³/mol. The lowest BCUT2D eigenvalue weighted by Gasteiger charge is -2.24. The third kappa shape index (κ3) is 7.49. The first-order chi connectivity index (χ1) is 20.3. The SMILES string of the molecule is CCn1ncc(CN(C)C(=O)c2nc(-c3ccc(OCCN(C)C(=O)OC(C)(C)C)c(C)c3)nc3ccc(C)cc23)c1C. The summed E-state index contributed by atoms with van der Waals surface area (Å²) < 4.78 is 13.3. The molecule has 0 fully saturated rings. The summed E-state index contributed by atoms with van der Waals surface area (Å²) in [6, 6.07) is 11.6. The summed E-state index contributed by atoms with van der Waals surface area (Å²) in [4.78, 5) is 38.8. The molecule has 0 saturated heterocycles. The maximum atomic E-state index is 13.8. The van der Waals surface area contributed by atoms with Crippen molar-refractivity contribution in [1.29, 1.82) is 0 Å². The number of carbonyl (C=O) groups is 2. The minimum Gasteiger partial charge on any atom is -0.491 e. The molecule has 0 N–H and O–H groups in total. The van der Waals surface area contributed by atoms with Crippen LogP contribution in [0, 0.1) is 20.8 Å². The van der Waals surface area contributed by atoms with Gasteiger partial charge >= 0.3 is 6.09 Å². The van der Waals surface area contributed by atoms with Crippen LogP contribution in [0.5, 0.6) is 5.75 Å². The van der Waals surface area contributed by atoms with Crippen molar-refractivity contribution >= 4 is 22.9 Å². The number of fused-ring (bicyclic) bond motifs is 1. The molecule has 0 aliphatic rings. The number of carbonyl (C=O) groups excluding carboxylic acids is 2. The quantitative estimate of drug-likeness (QED) is 0.239. The topological polar surface area (TPSA) is 103 Å². The Morgan fingerprint density at radius 3 is 2.37 bits per heavy atom. The van der Waals surface area contributed by atoms with Crippen LogP contribution in [0.1, 0.15) is 60.6 Å². The molecule has 2 aromatic carbocycles. The zero-order valence-corrected chi connectivity index (χ0v) is 26.7. The van der Waals surface area contributed by atoms with E-state index in [0.29, 0.717) is 47.9 Å². The molecule has 2 aromatic heterocycles. The highest BCUT2D eigenvalue weighted by Gasteiger charge is 2.22. The lowest BCUT2D eigenvalue weighted by atomic mass is 10.1. The third-order valence-corrected chi connectivity index (χ3v) is 7.13. The van der Waals surface area contributed by atoms with Crippen LogP contribution < -0.4 is 4.74 Å². The van der Waals surface area contributed by atoms with Gasteiger partial charge in [-0.25, -0.2) is 14.8 Å². The van der Waals surface area contributed by atoms with Crippen molar-refractivity contribution in [2.45, 2.75) is 67.2 Å². The zero-order valence-electron chi connectivity index (χ0n) is 26.7. The fraction of sp³-hybridized carbons (Fsp3) is 0.424. The summed E-state index contributed by atoms with van der Waals surface area (Å²) in [5.74, 6) is 0.966. The Balaban J connectivity index is 1.56. The Bertz CT molecular complexity index is 1640. The number of aryl methyl sites for hydroxylation is 3. The molecule has 2 amide bonds. The van der Waals surface area contributed by atoms with Gasteiger partial charge in [-0.05, 0) is 84.4 Å². The van der Waals surface area contributed by atoms with Crippen molar-refractivity contribution in [3.05, 3.63) is 70.7 Å². The summed E-state index contributed by atoms with van der Waals surface area (Å²) in [7, 11) is 3.46. The Hall–Kier alpha value is -4.47. The second-order valence-electron chi connectivity index (χ2n) is 11.9. The van der Waals surface area contributed by atoms with E-state index in [4.69, 9.17) is 19.4 Å². The number of amides is 2. The first-order valence-electron chi connectivity index (χ1n) is 14.5. The average Bonchev–Trinajstić information content (AvgIpc) is 3.30. The van der Waals surface area contributed by atoms with E-state index in [2.05, 4.69) is 5.10 Å². The van der Waals surface area contributed by atoms with Crippen LogP contribution in [0.15, 0.2) is 42.6 Å². The third-order valence-electron chi connectivity index (χ3n) is 7.13. The molecule has 4 rings (SSSR count). The minimum atomic E-state index is -0.555. The fourth-order valence-electron chi connectivity index (χ4n) is 4.68. The van der Waals surface area contributed by atoms with Gasteiger partial charge in [0, 0.05) is 49.4 Å². The molecule has 0 atom stereocenters. The van der Waals surface area contributed by atoms with E-state index in [1.54, 1.807) is 19.0 Å². The molecule has 0 radical (unpaired) electrons. The van der Waals surface area contributed by atoms with Gasteiger partial charge in [0.15, 0.2) is 5.82 Å². The highest BCUT2D eigenvalue weighted by atomic mass is 16.6. The van der Waals surface area contributed by atoms with Gasteiger partial charge in [0.1, 0.15) is 23.7 Å². The van der Waals surface area contributed by atoms with Crippen molar-refractivity contribution in [3.63, 3.8) is 0 Å². The second-order valence-corrected chi connectivity index (χ2v) is 11.9. The summed E-state index contributed by atoms with van der Waals surface area (Å²) in [5.41, 5.74) is 5.22. The maximum absolute atomic E-state index is 13.8. The van der Waals surface area contributed by atoms with Crippen LogP contribution in [0.3, 0.4) is 0 Å². The van der Waals surface area contributed by atoms with Gasteiger partial charge in [0.25, 0.3) is 5.91 Å². The molecule has 10 nitrogen and oxygen atoms in total. The summed E-state index contributed by atoms with van der Waals surface area (Å²) in [6.45, 7) is 15.4. The van der Waals surface area contributed by atoms with E-state index in [0.717, 1.165) is 34.5 Å². The van der Waals surface area contributed by atoms with Gasteiger partial charge in [-0.15, -0.1) is 0 Å². The van der Waals surface area contributed by atoms with Crippen LogP contribution in [-0.4, -0.2) is 74.4 Å². The summed E-state index contributed by atoms with van der Waals surface area (Å²) in [6.07, 6.45) is 1.42. The van der Waals surface area contributed by atoms with Crippen molar-refractivity contribution in [2.24, 2.45) is 0 Å². The van der Waals surface area contributed by atoms with Crippen LogP contribution in [0.2, 0.25) is 0 Å². The average molecular weight is 587 g/mol. The number of rotatable bonds is 9. The monoisotopic (exact) mass is 586 g/mol. The lowest BCUT2D eigenvalue weighted by molar-refractivity contribution is 0.0278. The number of aromatic nitrogens is 4. The van der Waals surface area contributed by atoms with E-state index in [9.17, 15) is 9.59 Å². The molecule has 0 aliphatic carbocycles. The van der Waals surface area contributed by atoms with Gasteiger partial charge in [0.05, 0.1) is 18.3 Å². The van der Waals surface area contributed by atoms with Gasteiger partial charge in [-0.1, -0.05) is 11.6 Å². The Morgan fingerprint density at radius 2 is 1.72 bits per heavy atom. The number of hydrogen-bond donors (Lipinski definition) is 0. The molecule has 0 aliphatic heterocycles. The highest BCUT2D eigenvalue weighted by Crippen LogP contribution is 2.28. The lowest BCUT2D eigenvalue weighted by Crippen LogP contribution is -2.36. The molecule has 0 spiro atoms. The molecule has 0 bridgehead atoms. The van der Waals surface area contributed by atoms with Gasteiger partial charge < -0.3 is 19.3 Å². The summed E-state index contributed by atoms with van der Waals surface area (Å²) in [5, 5.41) is 5.13. The molecular formula is C33H42N6O4. The smallest absolute Gasteiger partial charge is 0.410 e. The standard InChI is InChI=1S/C33H42N6O4/c1-10-39-23(4)25(19-34-39)20-38(9)31(40)29-26-17-21(2)11-13-27(26)35-30(36-29)24-12-14-28(22(3)18-24)42-16-15-37(8)32(41)43-33(5,6)7/h11-14,17-19H,10,15-16,20H2,1-9H3. The van der Waals surface area contributed by atoms with Crippen molar-refractivity contribution < 1.29 is 19.1 Å². The Morgan fingerprint density at radius 1 is 0.977 bits per heavy atom. The Labute approximate surface area is 253 Å². The molecule has 228 valence electrons. The molecule has 4 aromatic rings. The van der Waals surface area contributed by atoms with Gasteiger partial charge in [-0.2, -0.15) is 5.10 Å². The highest BCUT2D eigenvalue weighted by molar-refractivity contribution is 6.05. The van der Waals surface area contributed by atoms with E-state index in [1.165, 1.54) is 4.90 Å². The number of benzene rings is 2. The summed E-state index contributed by atoms with van der Waals surface area (Å²) >= 11 is 0. The predicted octanol–water partition coefficient (Wildman–Crippen LogP) is 5.96. The van der Waals surface area contributed by atoms with Crippen LogP contribution in [0.4, 0.5) is 4.79 Å². The Kier molecular flexibility index (Phi) is 9.37. The largest absolute Gasteiger partial charge is 0.491 e. The van der Waals surface area contributed by atoms with E-state index < -0.39 is 11.7 Å². The maximum Gasteiger partial charge on any atom is 0.410 e. The first kappa shape index (κ1) is 31.5. The van der Waals surface area contributed by atoms with Gasteiger partial charge in [0.2, 0.25) is 0 Å². The molecular weight excluding hydrogens is 544 g/mol. The number of hydrogen-bond acceptors (Lipinski definition) is 7. The van der Waals surface area contributed by atoms with E-state index in [-0.39, 0.29) is 5.91 Å². The molecule has 0 unspecified atom stereocenters. The van der Waals surface area contributed by atoms with Crippen molar-refractivity contribution in [2.75, 3.05) is 27.2 Å². The normalized spacial score (nSPS) is 11.5. The van der Waals surface area contributed by atoms with Crippen LogP contribution in [0.25, 0.3) is 22.3 Å². The molecule has 10 heteroatoms. The van der Waals surface area contributed by atoms with E-state index >= 15 is 0 Å². The zero-order chi connectivity index (χ0) is 31.5. The van der Waals surface area contributed by atoms with Crippen LogP contribution in [-0.2, 0) is 17.8 Å². The molecule has 0 saturated carbocycles. The molecule has 43 heavy (non-hydrogen) atoms. The van der Waals surface area contributed by atoms with Gasteiger partial charge in [-0.3, -0.25) is 9.48 Å². The van der Waals surface area contributed by atoms with Crippen molar-refractivity contribution in [3.8, 4) is 17.1 Å². The minimum absolute atomic E-state index is 0.186. The van der Waals surface area contributed by atoms with Crippen LogP contribution >= 0.6 is 0 Å². The number of likely N-dealkylation sites (N-methyl/N-ethyl adjacent to an activating group) is 1. The number of ether oxygens (including phenoxy) is 2.